The van der Waals surface area contributed by atoms with E-state index in [4.69, 9.17) is 4.74 Å². The summed E-state index contributed by atoms with van der Waals surface area (Å²) in [5.74, 6) is 0. The highest BCUT2D eigenvalue weighted by Gasteiger charge is 2.24. The normalized spacial score (nSPS) is 16.4. The van der Waals surface area contributed by atoms with Gasteiger partial charge in [-0.2, -0.15) is 0 Å². The van der Waals surface area contributed by atoms with E-state index in [2.05, 4.69) is 16.0 Å². The van der Waals surface area contributed by atoms with Crippen LogP contribution in [0.1, 0.15) is 32.9 Å². The Balaban J connectivity index is 2.02. The topological polar surface area (TPSA) is 58.2 Å². The summed E-state index contributed by atoms with van der Waals surface area (Å²) in [5.41, 5.74) is 1.50. The fourth-order valence-electron chi connectivity index (χ4n) is 1.85. The van der Waals surface area contributed by atoms with Gasteiger partial charge in [0.1, 0.15) is 5.60 Å². The number of aromatic nitrogens is 2. The van der Waals surface area contributed by atoms with Crippen molar-refractivity contribution in [3.63, 3.8) is 0 Å². The molecule has 1 aromatic heterocycles. The maximum absolute atomic E-state index is 12.0. The summed E-state index contributed by atoms with van der Waals surface area (Å²) in [7, 11) is 0. The molecular weight excluding hydrogens is 230 g/mol. The second kappa shape index (κ2) is 4.84. The van der Waals surface area contributed by atoms with Crippen molar-refractivity contribution >= 4 is 11.7 Å². The van der Waals surface area contributed by atoms with Crippen LogP contribution in [0.25, 0.3) is 5.57 Å². The molecule has 1 aliphatic heterocycles. The Kier molecular flexibility index (Phi) is 3.41. The number of imidazole rings is 1. The van der Waals surface area contributed by atoms with Crippen molar-refractivity contribution in [1.82, 2.24) is 14.9 Å². The van der Waals surface area contributed by atoms with Crippen molar-refractivity contribution in [3.8, 4) is 0 Å². The van der Waals surface area contributed by atoms with Gasteiger partial charge in [0.2, 0.25) is 0 Å². The van der Waals surface area contributed by atoms with Crippen LogP contribution in [0.3, 0.4) is 0 Å². The molecule has 0 saturated heterocycles. The average molecular weight is 249 g/mol. The standard InChI is InChI=1S/C13H19N3O2/c1-13(2,3)18-12(17)16-6-4-5-10(8-16)11-7-14-9-15-11/h5,7,9H,4,6,8H2,1-3H3,(H,14,15). The number of nitrogens with zero attached hydrogens (tertiary/aromatic N) is 2. The van der Waals surface area contributed by atoms with Crippen LogP contribution < -0.4 is 0 Å². The van der Waals surface area contributed by atoms with Gasteiger partial charge >= 0.3 is 6.09 Å². The molecule has 0 fully saturated rings. The fraction of sp³-hybridized carbons (Fsp3) is 0.538. The minimum absolute atomic E-state index is 0.261. The van der Waals surface area contributed by atoms with Crippen molar-refractivity contribution < 1.29 is 9.53 Å². The molecule has 5 heteroatoms. The molecule has 0 atom stereocenters. The van der Waals surface area contributed by atoms with Gasteiger partial charge in [-0.05, 0) is 32.8 Å². The average Bonchev–Trinajstić information content (AvgIpc) is 2.80. The molecule has 2 heterocycles. The Morgan fingerprint density at radius 3 is 2.89 bits per heavy atom. The number of aromatic amines is 1. The van der Waals surface area contributed by atoms with Crippen molar-refractivity contribution in [1.29, 1.82) is 0 Å². The largest absolute Gasteiger partial charge is 0.444 e. The first-order chi connectivity index (χ1) is 8.46. The van der Waals surface area contributed by atoms with Crippen LogP contribution in [0.4, 0.5) is 4.79 Å². The molecule has 0 bridgehead atoms. The monoisotopic (exact) mass is 249 g/mol. The molecule has 0 unspecified atom stereocenters. The number of H-pyrrole nitrogens is 1. The van der Waals surface area contributed by atoms with Gasteiger partial charge in [-0.15, -0.1) is 0 Å². The maximum Gasteiger partial charge on any atom is 0.410 e. The van der Waals surface area contributed by atoms with E-state index in [9.17, 15) is 4.79 Å². The van der Waals surface area contributed by atoms with Crippen molar-refractivity contribution in [2.75, 3.05) is 13.1 Å². The highest BCUT2D eigenvalue weighted by atomic mass is 16.6. The molecule has 2 rings (SSSR count). The van der Waals surface area contributed by atoms with Gasteiger partial charge in [0, 0.05) is 12.7 Å². The lowest BCUT2D eigenvalue weighted by atomic mass is 10.1. The van der Waals surface area contributed by atoms with Gasteiger partial charge in [-0.25, -0.2) is 9.78 Å². The molecule has 0 aliphatic carbocycles. The number of amides is 1. The SMILES string of the molecule is CC(C)(C)OC(=O)N1CCC=C(c2c[nH]cn2)C1. The lowest BCUT2D eigenvalue weighted by molar-refractivity contribution is 0.0273. The van der Waals surface area contributed by atoms with E-state index >= 15 is 0 Å². The number of hydrogen-bond acceptors (Lipinski definition) is 3. The molecule has 0 aromatic carbocycles. The van der Waals surface area contributed by atoms with Crippen LogP contribution >= 0.6 is 0 Å². The quantitative estimate of drug-likeness (QED) is 0.831. The maximum atomic E-state index is 12.0. The highest BCUT2D eigenvalue weighted by Crippen LogP contribution is 2.20. The van der Waals surface area contributed by atoms with Crippen LogP contribution in [0.5, 0.6) is 0 Å². The van der Waals surface area contributed by atoms with Gasteiger partial charge in [0.25, 0.3) is 0 Å². The van der Waals surface area contributed by atoms with E-state index in [1.807, 2.05) is 27.0 Å². The van der Waals surface area contributed by atoms with Gasteiger partial charge in [0.15, 0.2) is 0 Å². The lowest BCUT2D eigenvalue weighted by Crippen LogP contribution is -2.39. The van der Waals surface area contributed by atoms with E-state index < -0.39 is 5.60 Å². The summed E-state index contributed by atoms with van der Waals surface area (Å²) in [6.45, 7) is 6.88. The molecule has 1 aliphatic rings. The zero-order valence-corrected chi connectivity index (χ0v) is 11.1. The predicted octanol–water partition coefficient (Wildman–Crippen LogP) is 2.43. The van der Waals surface area contributed by atoms with Crippen molar-refractivity contribution in [2.45, 2.75) is 32.8 Å². The number of ether oxygens (including phenoxy) is 1. The first kappa shape index (κ1) is 12.7. The van der Waals surface area contributed by atoms with E-state index in [0.717, 1.165) is 17.7 Å². The summed E-state index contributed by atoms with van der Waals surface area (Å²) < 4.78 is 5.37. The summed E-state index contributed by atoms with van der Waals surface area (Å²) >= 11 is 0. The number of carbonyl (C=O) groups is 1. The molecule has 98 valence electrons. The second-order valence-corrected chi connectivity index (χ2v) is 5.37. The smallest absolute Gasteiger partial charge is 0.410 e. The summed E-state index contributed by atoms with van der Waals surface area (Å²) in [5, 5.41) is 0. The Bertz CT molecular complexity index is 443. The molecular formula is C13H19N3O2. The van der Waals surface area contributed by atoms with Crippen LogP contribution in [-0.2, 0) is 4.74 Å². The summed E-state index contributed by atoms with van der Waals surface area (Å²) in [6.07, 6.45) is 6.18. The minimum atomic E-state index is -0.454. The van der Waals surface area contributed by atoms with E-state index in [1.54, 1.807) is 11.2 Å². The third-order valence-electron chi connectivity index (χ3n) is 2.63. The van der Waals surface area contributed by atoms with Gasteiger partial charge in [-0.1, -0.05) is 6.08 Å². The molecule has 1 aromatic rings. The fourth-order valence-corrected chi connectivity index (χ4v) is 1.85. The zero-order valence-electron chi connectivity index (χ0n) is 11.1. The van der Waals surface area contributed by atoms with E-state index in [0.29, 0.717) is 13.1 Å². The Morgan fingerprint density at radius 2 is 2.28 bits per heavy atom. The Hall–Kier alpha value is -1.78. The van der Waals surface area contributed by atoms with Crippen molar-refractivity contribution in [3.05, 3.63) is 24.3 Å². The van der Waals surface area contributed by atoms with Crippen LogP contribution in [0.15, 0.2) is 18.6 Å². The van der Waals surface area contributed by atoms with Gasteiger partial charge in [0.05, 0.1) is 18.6 Å². The minimum Gasteiger partial charge on any atom is -0.444 e. The summed E-state index contributed by atoms with van der Waals surface area (Å²) in [4.78, 5) is 20.8. The number of carbonyl (C=O) groups excluding carboxylic acids is 1. The van der Waals surface area contributed by atoms with Gasteiger partial charge < -0.3 is 14.6 Å². The first-order valence-electron chi connectivity index (χ1n) is 6.12. The van der Waals surface area contributed by atoms with Crippen LogP contribution in [-0.4, -0.2) is 39.7 Å². The number of hydrogen-bond donors (Lipinski definition) is 1. The first-order valence-corrected chi connectivity index (χ1v) is 6.12. The molecule has 18 heavy (non-hydrogen) atoms. The van der Waals surface area contributed by atoms with E-state index in [1.165, 1.54) is 0 Å². The number of rotatable bonds is 1. The molecule has 5 nitrogen and oxygen atoms in total. The third kappa shape index (κ3) is 3.12. The zero-order chi connectivity index (χ0) is 13.2. The van der Waals surface area contributed by atoms with Crippen LogP contribution in [0, 0.1) is 0 Å². The molecule has 0 radical (unpaired) electrons. The third-order valence-corrected chi connectivity index (χ3v) is 2.63. The lowest BCUT2D eigenvalue weighted by Gasteiger charge is -2.29. The number of nitrogens with one attached hydrogen (secondary N) is 1. The van der Waals surface area contributed by atoms with Gasteiger partial charge in [-0.3, -0.25) is 0 Å². The Labute approximate surface area is 107 Å². The summed E-state index contributed by atoms with van der Waals surface area (Å²) in [6, 6.07) is 0. The predicted molar refractivity (Wildman–Crippen MR) is 69.0 cm³/mol. The molecule has 1 N–H and O–H groups in total. The highest BCUT2D eigenvalue weighted by molar-refractivity contribution is 5.74. The Morgan fingerprint density at radius 1 is 1.50 bits per heavy atom. The van der Waals surface area contributed by atoms with Crippen molar-refractivity contribution in [2.24, 2.45) is 0 Å². The molecule has 0 saturated carbocycles. The van der Waals surface area contributed by atoms with Crippen LogP contribution in [0.2, 0.25) is 0 Å². The second-order valence-electron chi connectivity index (χ2n) is 5.37. The molecule has 1 amide bonds. The molecule has 0 spiro atoms. The van der Waals surface area contributed by atoms with E-state index in [-0.39, 0.29) is 6.09 Å².